The normalized spacial score (nSPS) is 12.7. The van der Waals surface area contributed by atoms with Crippen molar-refractivity contribution in [3.05, 3.63) is 47.5 Å². The van der Waals surface area contributed by atoms with Crippen LogP contribution in [0.3, 0.4) is 0 Å². The number of nitriles is 2. The molecule has 2 rings (SSSR count). The van der Waals surface area contributed by atoms with E-state index in [1.54, 1.807) is 9.80 Å². The minimum absolute atomic E-state index is 0.175. The average molecular weight is 555 g/mol. The van der Waals surface area contributed by atoms with E-state index < -0.39 is 12.2 Å². The third-order valence-electron chi connectivity index (χ3n) is 6.56. The van der Waals surface area contributed by atoms with Gasteiger partial charge in [0.25, 0.3) is 0 Å². The molecule has 0 heterocycles. The first kappa shape index (κ1) is 33.0. The maximum atomic E-state index is 9.68. The predicted octanol–water partition coefficient (Wildman–Crippen LogP) is 1.87. The topological polar surface area (TPSA) is 153 Å². The number of benzene rings is 2. The van der Waals surface area contributed by atoms with E-state index in [9.17, 15) is 10.2 Å². The fraction of sp³-hybridized carbons (Fsp3) is 0.533. The van der Waals surface area contributed by atoms with Gasteiger partial charge in [0, 0.05) is 26.2 Å². The van der Waals surface area contributed by atoms with Gasteiger partial charge < -0.3 is 29.9 Å². The van der Waals surface area contributed by atoms with Crippen LogP contribution in [-0.4, -0.2) is 108 Å². The molecule has 10 heteroatoms. The molecule has 0 aliphatic heterocycles. The van der Waals surface area contributed by atoms with E-state index in [1.807, 2.05) is 50.2 Å². The third-order valence-corrected chi connectivity index (χ3v) is 6.56. The minimum Gasteiger partial charge on any atom is -0.493 e. The molecule has 0 amide bonds. The summed E-state index contributed by atoms with van der Waals surface area (Å²) in [5.41, 5.74) is 4.08. The zero-order valence-electron chi connectivity index (χ0n) is 23.5. The van der Waals surface area contributed by atoms with Crippen molar-refractivity contribution < 1.29 is 29.9 Å². The van der Waals surface area contributed by atoms with Gasteiger partial charge in [0.15, 0.2) is 0 Å². The van der Waals surface area contributed by atoms with Gasteiger partial charge in [-0.1, -0.05) is 24.3 Å². The van der Waals surface area contributed by atoms with E-state index >= 15 is 0 Å². The highest BCUT2D eigenvalue weighted by Gasteiger charge is 2.14. The number of aliphatic hydroxyl groups excluding tert-OH is 4. The van der Waals surface area contributed by atoms with Crippen molar-refractivity contribution >= 4 is 0 Å². The summed E-state index contributed by atoms with van der Waals surface area (Å²) in [4.78, 5) is 3.59. The summed E-state index contributed by atoms with van der Waals surface area (Å²) < 4.78 is 12.1. The van der Waals surface area contributed by atoms with Gasteiger partial charge in [-0.2, -0.15) is 10.5 Å². The highest BCUT2D eigenvalue weighted by atomic mass is 16.5. The molecular weight excluding hydrogens is 512 g/mol. The Morgan fingerprint density at radius 3 is 1.48 bits per heavy atom. The summed E-state index contributed by atoms with van der Waals surface area (Å²) in [5.74, 6) is 1.54. The minimum atomic E-state index is -0.875. The third kappa shape index (κ3) is 10.7. The van der Waals surface area contributed by atoms with Gasteiger partial charge in [-0.15, -0.1) is 0 Å². The van der Waals surface area contributed by atoms with Crippen LogP contribution in [-0.2, 0) is 0 Å². The van der Waals surface area contributed by atoms with Crippen molar-refractivity contribution in [2.75, 3.05) is 65.7 Å². The predicted molar refractivity (Wildman–Crippen MR) is 152 cm³/mol. The molecule has 2 aromatic rings. The van der Waals surface area contributed by atoms with Crippen molar-refractivity contribution in [2.45, 2.75) is 38.9 Å². The molecule has 4 N–H and O–H groups in total. The summed E-state index contributed by atoms with van der Waals surface area (Å²) in [5, 5.41) is 55.5. The SMILES string of the molecule is Cc1c(OCCCN(CC#N)C[C@H](O)CO)cccc1-c1cccc(OCCCN(CC#N)C[C@H](O)CO)c1C. The highest BCUT2D eigenvalue weighted by Crippen LogP contribution is 2.35. The number of ether oxygens (including phenoxy) is 2. The maximum Gasteiger partial charge on any atom is 0.122 e. The first-order chi connectivity index (χ1) is 19.3. The molecule has 0 aliphatic rings. The molecule has 40 heavy (non-hydrogen) atoms. The van der Waals surface area contributed by atoms with Gasteiger partial charge >= 0.3 is 0 Å². The van der Waals surface area contributed by atoms with Crippen LogP contribution < -0.4 is 9.47 Å². The highest BCUT2D eigenvalue weighted by molar-refractivity contribution is 5.74. The van der Waals surface area contributed by atoms with Crippen LogP contribution in [0.25, 0.3) is 11.1 Å². The summed E-state index contributed by atoms with van der Waals surface area (Å²) in [7, 11) is 0. The fourth-order valence-electron chi connectivity index (χ4n) is 4.45. The van der Waals surface area contributed by atoms with Crippen LogP contribution in [0.5, 0.6) is 11.5 Å². The zero-order chi connectivity index (χ0) is 29.3. The number of nitrogens with zero attached hydrogens (tertiary/aromatic N) is 4. The van der Waals surface area contributed by atoms with Crippen molar-refractivity contribution in [1.82, 2.24) is 9.80 Å². The average Bonchev–Trinajstić information content (AvgIpc) is 2.95. The maximum absolute atomic E-state index is 9.68. The standard InChI is InChI=1S/C30H42N4O6/c1-23-27(7-3-9-29(23)39-17-5-13-33(15-11-31)19-25(37)21-35)28-8-4-10-30(24(28)2)40-18-6-14-34(16-12-32)20-26(38)22-36/h3-4,7-10,25-26,35-38H,5-6,13-22H2,1-2H3/t25-,26-/m0/s1. The molecule has 2 atom stereocenters. The van der Waals surface area contributed by atoms with Crippen molar-refractivity contribution in [2.24, 2.45) is 0 Å². The Morgan fingerprint density at radius 2 is 1.12 bits per heavy atom. The van der Waals surface area contributed by atoms with Crippen LogP contribution in [0.15, 0.2) is 36.4 Å². The summed E-state index contributed by atoms with van der Waals surface area (Å²) >= 11 is 0. The molecule has 0 fully saturated rings. The van der Waals surface area contributed by atoms with Crippen molar-refractivity contribution in [3.8, 4) is 34.8 Å². The summed E-state index contributed by atoms with van der Waals surface area (Å²) in [6, 6.07) is 16.0. The smallest absolute Gasteiger partial charge is 0.122 e. The van der Waals surface area contributed by atoms with Crippen LogP contribution in [0.4, 0.5) is 0 Å². The zero-order valence-corrected chi connectivity index (χ0v) is 23.5. The molecule has 218 valence electrons. The quantitative estimate of drug-likeness (QED) is 0.149. The Morgan fingerprint density at radius 1 is 0.725 bits per heavy atom. The van der Waals surface area contributed by atoms with E-state index in [4.69, 9.17) is 30.2 Å². The monoisotopic (exact) mass is 554 g/mol. The van der Waals surface area contributed by atoms with E-state index in [-0.39, 0.29) is 39.4 Å². The lowest BCUT2D eigenvalue weighted by molar-refractivity contribution is 0.0615. The lowest BCUT2D eigenvalue weighted by Crippen LogP contribution is -2.35. The van der Waals surface area contributed by atoms with E-state index in [0.29, 0.717) is 39.1 Å². The second-order valence-electron chi connectivity index (χ2n) is 9.72. The van der Waals surface area contributed by atoms with E-state index in [1.165, 1.54) is 0 Å². The first-order valence-electron chi connectivity index (χ1n) is 13.6. The molecule has 0 aromatic heterocycles. The van der Waals surface area contributed by atoms with Crippen LogP contribution in [0.2, 0.25) is 0 Å². The molecule has 0 unspecified atom stereocenters. The molecule has 10 nitrogen and oxygen atoms in total. The van der Waals surface area contributed by atoms with Gasteiger partial charge in [-0.25, -0.2) is 0 Å². The Labute approximate surface area is 237 Å². The number of hydrogen-bond acceptors (Lipinski definition) is 10. The Kier molecular flexibility index (Phi) is 15.0. The van der Waals surface area contributed by atoms with Crippen molar-refractivity contribution in [1.29, 1.82) is 10.5 Å². The van der Waals surface area contributed by atoms with Gasteiger partial charge in [0.2, 0.25) is 0 Å². The Bertz CT molecular complexity index is 1030. The molecular formula is C30H42N4O6. The van der Waals surface area contributed by atoms with Crippen LogP contribution in [0.1, 0.15) is 24.0 Å². The Balaban J connectivity index is 1.99. The largest absolute Gasteiger partial charge is 0.493 e. The fourth-order valence-corrected chi connectivity index (χ4v) is 4.45. The molecule has 0 aliphatic carbocycles. The van der Waals surface area contributed by atoms with E-state index in [0.717, 1.165) is 33.8 Å². The second kappa shape index (κ2) is 18.2. The summed E-state index contributed by atoms with van der Waals surface area (Å²) in [6.07, 6.45) is -0.423. The molecule has 0 bridgehead atoms. The molecule has 0 spiro atoms. The van der Waals surface area contributed by atoms with Crippen LogP contribution >= 0.6 is 0 Å². The lowest BCUT2D eigenvalue weighted by atomic mass is 9.95. The number of rotatable bonds is 19. The summed E-state index contributed by atoms with van der Waals surface area (Å²) in [6.45, 7) is 6.20. The molecule has 0 saturated carbocycles. The molecule has 0 radical (unpaired) electrons. The van der Waals surface area contributed by atoms with Gasteiger partial charge in [0.1, 0.15) is 11.5 Å². The number of aliphatic hydroxyl groups is 4. The molecule has 2 aromatic carbocycles. The van der Waals surface area contributed by atoms with Gasteiger partial charge in [0.05, 0.1) is 63.9 Å². The van der Waals surface area contributed by atoms with Crippen LogP contribution in [0, 0.1) is 36.5 Å². The van der Waals surface area contributed by atoms with E-state index in [2.05, 4.69) is 12.1 Å². The molecule has 0 saturated heterocycles. The second-order valence-corrected chi connectivity index (χ2v) is 9.72. The lowest BCUT2D eigenvalue weighted by Gasteiger charge is -2.22. The Hall–Kier alpha value is -3.22. The van der Waals surface area contributed by atoms with Gasteiger partial charge in [-0.05, 0) is 61.1 Å². The first-order valence-corrected chi connectivity index (χ1v) is 13.6. The number of hydrogen-bond donors (Lipinski definition) is 4. The van der Waals surface area contributed by atoms with Crippen molar-refractivity contribution in [3.63, 3.8) is 0 Å². The van der Waals surface area contributed by atoms with Gasteiger partial charge in [-0.3, -0.25) is 9.80 Å².